The van der Waals surface area contributed by atoms with Crippen LogP contribution < -0.4 is 25.8 Å². The quantitative estimate of drug-likeness (QED) is 0.381. The molecule has 1 amide bonds. The van der Waals surface area contributed by atoms with Gasteiger partial charge in [-0.1, -0.05) is 16.8 Å². The lowest BCUT2D eigenvalue weighted by molar-refractivity contribution is 0.0997. The van der Waals surface area contributed by atoms with E-state index in [1.165, 1.54) is 43.6 Å². The van der Waals surface area contributed by atoms with Crippen LogP contribution in [0.4, 0.5) is 10.1 Å². The number of primary amides is 1. The zero-order valence-corrected chi connectivity index (χ0v) is 18.2. The number of rotatable bonds is 6. The number of fused-ring (bicyclic) bond motifs is 1. The molecule has 13 heteroatoms. The van der Waals surface area contributed by atoms with Crippen LogP contribution in [0.15, 0.2) is 36.5 Å². The molecule has 1 aromatic heterocycles. The van der Waals surface area contributed by atoms with E-state index in [1.54, 1.807) is 0 Å². The molecular formula is C19H13B3ClFN4O3S. The van der Waals surface area contributed by atoms with Crippen molar-refractivity contribution in [2.24, 2.45) is 5.73 Å². The fourth-order valence-corrected chi connectivity index (χ4v) is 3.26. The van der Waals surface area contributed by atoms with Crippen molar-refractivity contribution >= 4 is 75.0 Å². The first-order valence-corrected chi connectivity index (χ1v) is 9.67. The maximum absolute atomic E-state index is 14.9. The molecule has 3 aromatic rings. The van der Waals surface area contributed by atoms with Crippen molar-refractivity contribution in [2.75, 3.05) is 12.4 Å². The Morgan fingerprint density at radius 3 is 2.56 bits per heavy atom. The number of ether oxygens (including phenoxy) is 2. The minimum Gasteiger partial charge on any atom is -0.496 e. The first-order chi connectivity index (χ1) is 15.0. The largest absolute Gasteiger partial charge is 0.496 e. The van der Waals surface area contributed by atoms with E-state index in [2.05, 4.69) is 15.6 Å². The highest BCUT2D eigenvalue weighted by Crippen LogP contribution is 2.37. The maximum Gasteiger partial charge on any atom is 0.252 e. The third-order valence-corrected chi connectivity index (χ3v) is 4.71. The molecule has 7 nitrogen and oxygen atoms in total. The van der Waals surface area contributed by atoms with Gasteiger partial charge in [-0.25, -0.2) is 4.39 Å². The van der Waals surface area contributed by atoms with E-state index >= 15 is 0 Å². The average molecular weight is 464 g/mol. The van der Waals surface area contributed by atoms with Crippen LogP contribution in [-0.2, 0) is 0 Å². The van der Waals surface area contributed by atoms with Crippen LogP contribution in [-0.4, -0.2) is 51.9 Å². The number of hydrogen-bond donors (Lipinski definition) is 3. The third-order valence-electron chi connectivity index (χ3n) is 4.13. The average Bonchev–Trinajstić information content (AvgIpc) is 2.71. The molecule has 156 valence electrons. The van der Waals surface area contributed by atoms with Crippen LogP contribution in [0.3, 0.4) is 0 Å². The molecule has 6 radical (unpaired) electrons. The summed E-state index contributed by atoms with van der Waals surface area (Å²) in [5, 5.41) is 3.31. The number of amides is 1. The number of anilines is 1. The highest BCUT2D eigenvalue weighted by molar-refractivity contribution is 7.80. The van der Waals surface area contributed by atoms with Crippen molar-refractivity contribution in [3.05, 3.63) is 52.9 Å². The number of thiocarbonyl (C=S) groups is 1. The number of hydrogen-bond acceptors (Lipinski definition) is 5. The van der Waals surface area contributed by atoms with Gasteiger partial charge in [0.25, 0.3) is 5.91 Å². The Morgan fingerprint density at radius 2 is 1.94 bits per heavy atom. The Bertz CT molecular complexity index is 1230. The SMILES string of the molecule is [B]C([B])([B])NC(=S)Nc1ccc(Oc2ccnc3cc(OC)c(C(N)=O)cc23)c(F)c1Cl. The highest BCUT2D eigenvalue weighted by atomic mass is 35.5. The van der Waals surface area contributed by atoms with Crippen LogP contribution in [0.5, 0.6) is 17.2 Å². The molecular weight excluding hydrogens is 451 g/mol. The number of carbonyl (C=O) groups excluding carboxylic acids is 1. The Kier molecular flexibility index (Phi) is 6.85. The van der Waals surface area contributed by atoms with Crippen molar-refractivity contribution in [1.82, 2.24) is 10.3 Å². The van der Waals surface area contributed by atoms with Gasteiger partial charge in [0.1, 0.15) is 16.5 Å². The Labute approximate surface area is 197 Å². The van der Waals surface area contributed by atoms with Crippen LogP contribution in [0.2, 0.25) is 5.02 Å². The lowest BCUT2D eigenvalue weighted by Gasteiger charge is -2.25. The molecule has 0 saturated heterocycles. The molecule has 0 saturated carbocycles. The van der Waals surface area contributed by atoms with E-state index in [-0.39, 0.29) is 38.6 Å². The van der Waals surface area contributed by atoms with E-state index in [9.17, 15) is 9.18 Å². The van der Waals surface area contributed by atoms with E-state index in [4.69, 9.17) is 62.6 Å². The lowest BCUT2D eigenvalue weighted by Crippen LogP contribution is -2.51. The first kappa shape index (κ1) is 23.7. The zero-order chi connectivity index (χ0) is 23.6. The molecule has 0 fully saturated rings. The fraction of sp³-hybridized carbons (Fsp3) is 0.105. The number of carbonyl (C=O) groups is 1. The van der Waals surface area contributed by atoms with E-state index < -0.39 is 17.0 Å². The smallest absolute Gasteiger partial charge is 0.252 e. The molecule has 0 aliphatic heterocycles. The summed E-state index contributed by atoms with van der Waals surface area (Å²) >= 11 is 11.1. The number of nitrogens with zero attached hydrogens (tertiary/aromatic N) is 1. The van der Waals surface area contributed by atoms with E-state index in [1.807, 2.05) is 0 Å². The summed E-state index contributed by atoms with van der Waals surface area (Å²) in [6.07, 6.45) is 1.46. The molecule has 0 aliphatic rings. The summed E-state index contributed by atoms with van der Waals surface area (Å²) in [5.41, 5.74) is 6.10. The predicted molar refractivity (Wildman–Crippen MR) is 128 cm³/mol. The molecule has 0 spiro atoms. The summed E-state index contributed by atoms with van der Waals surface area (Å²) < 4.78 is 25.8. The predicted octanol–water partition coefficient (Wildman–Crippen LogP) is 2.33. The molecule has 1 heterocycles. The van der Waals surface area contributed by atoms with Gasteiger partial charge < -0.3 is 25.8 Å². The molecule has 3 rings (SSSR count). The number of halogens is 2. The highest BCUT2D eigenvalue weighted by Gasteiger charge is 2.18. The summed E-state index contributed by atoms with van der Waals surface area (Å²) in [7, 11) is 17.6. The number of benzene rings is 2. The molecule has 4 N–H and O–H groups in total. The molecule has 0 bridgehead atoms. The van der Waals surface area contributed by atoms with Crippen molar-refractivity contribution in [2.45, 2.75) is 5.24 Å². The van der Waals surface area contributed by atoms with Gasteiger partial charge in [0.2, 0.25) is 0 Å². The molecule has 0 unspecified atom stereocenters. The molecule has 0 atom stereocenters. The Balaban J connectivity index is 1.95. The normalized spacial score (nSPS) is 11.1. The summed E-state index contributed by atoms with van der Waals surface area (Å²) in [4.78, 5) is 16.0. The second-order valence-electron chi connectivity index (χ2n) is 6.60. The van der Waals surface area contributed by atoms with Gasteiger partial charge in [0.15, 0.2) is 16.7 Å². The van der Waals surface area contributed by atoms with Gasteiger partial charge in [-0.3, -0.25) is 9.78 Å². The van der Waals surface area contributed by atoms with Crippen molar-refractivity contribution < 1.29 is 18.7 Å². The number of pyridine rings is 1. The maximum atomic E-state index is 14.9. The summed E-state index contributed by atoms with van der Waals surface area (Å²) in [6.45, 7) is 0. The first-order valence-electron chi connectivity index (χ1n) is 8.88. The number of methoxy groups -OCH3 is 1. The van der Waals surface area contributed by atoms with Crippen molar-refractivity contribution in [3.8, 4) is 17.2 Å². The fourth-order valence-electron chi connectivity index (χ4n) is 2.77. The van der Waals surface area contributed by atoms with Crippen molar-refractivity contribution in [1.29, 1.82) is 0 Å². The van der Waals surface area contributed by atoms with Gasteiger partial charge in [-0.05, 0) is 36.5 Å². The number of nitrogens with one attached hydrogen (secondary N) is 2. The van der Waals surface area contributed by atoms with Crippen LogP contribution in [0, 0.1) is 5.82 Å². The number of aromatic nitrogens is 1. The molecule has 32 heavy (non-hydrogen) atoms. The second kappa shape index (κ2) is 9.26. The second-order valence-corrected chi connectivity index (χ2v) is 7.38. The van der Waals surface area contributed by atoms with Gasteiger partial charge >= 0.3 is 0 Å². The van der Waals surface area contributed by atoms with Gasteiger partial charge in [-0.2, -0.15) is 0 Å². The third kappa shape index (κ3) is 5.25. The number of nitrogens with two attached hydrogens (primary N) is 1. The minimum absolute atomic E-state index is 0.0690. The standard InChI is InChI=1S/C19H13B3ClFN4O3S/c1-30-14-7-11-8(6-9(14)17(25)29)12(4-5-26-11)31-13-3-2-10(15(23)16(13)24)27-18(32)28-19(20,21)22/h2-7H,1H3,(H2,25,29)(H2,27,28,32). The van der Waals surface area contributed by atoms with Crippen LogP contribution in [0.1, 0.15) is 10.4 Å². The van der Waals surface area contributed by atoms with Crippen LogP contribution in [0.25, 0.3) is 10.9 Å². The zero-order valence-electron chi connectivity index (χ0n) is 16.6. The minimum atomic E-state index is -1.77. The Hall–Kier alpha value is -2.98. The summed E-state index contributed by atoms with van der Waals surface area (Å²) in [6, 6.07) is 7.25. The van der Waals surface area contributed by atoms with Crippen LogP contribution >= 0.6 is 23.8 Å². The lowest BCUT2D eigenvalue weighted by atomic mass is 9.49. The summed E-state index contributed by atoms with van der Waals surface area (Å²) in [5.74, 6) is -1.29. The van der Waals surface area contributed by atoms with E-state index in [0.29, 0.717) is 10.9 Å². The monoisotopic (exact) mass is 464 g/mol. The van der Waals surface area contributed by atoms with Gasteiger partial charge in [-0.15, -0.1) is 0 Å². The van der Waals surface area contributed by atoms with Gasteiger partial charge in [0.05, 0.1) is 47.4 Å². The molecule has 0 aliphatic carbocycles. The van der Waals surface area contributed by atoms with Crippen molar-refractivity contribution in [3.63, 3.8) is 0 Å². The van der Waals surface area contributed by atoms with E-state index in [0.717, 1.165) is 0 Å². The Morgan fingerprint density at radius 1 is 1.22 bits per heavy atom. The topological polar surface area (TPSA) is 98.5 Å². The van der Waals surface area contributed by atoms with Gasteiger partial charge in [0, 0.05) is 17.6 Å². The molecule has 2 aromatic carbocycles.